The minimum atomic E-state index is -0.298. The van der Waals surface area contributed by atoms with Crippen LogP contribution in [0.5, 0.6) is 0 Å². The highest BCUT2D eigenvalue weighted by molar-refractivity contribution is 8.00. The second-order valence-electron chi connectivity index (χ2n) is 4.36. The number of rotatable bonds is 3. The molecule has 102 valence electrons. The molecule has 4 nitrogen and oxygen atoms in total. The number of anilines is 1. The Labute approximate surface area is 121 Å². The summed E-state index contributed by atoms with van der Waals surface area (Å²) in [5, 5.41) is 5.84. The molecular formula is C13H15ClN2O2S. The molecule has 1 aliphatic rings. The van der Waals surface area contributed by atoms with Gasteiger partial charge in [0.25, 0.3) is 0 Å². The number of aryl methyl sites for hydroxylation is 1. The number of halogens is 1. The zero-order valence-corrected chi connectivity index (χ0v) is 12.1. The number of hydrogen-bond acceptors (Lipinski definition) is 3. The van der Waals surface area contributed by atoms with E-state index in [2.05, 4.69) is 10.6 Å². The van der Waals surface area contributed by atoms with Crippen LogP contribution >= 0.6 is 23.4 Å². The van der Waals surface area contributed by atoms with Gasteiger partial charge in [0.1, 0.15) is 0 Å². The lowest BCUT2D eigenvalue weighted by Gasteiger charge is -2.21. The van der Waals surface area contributed by atoms with E-state index in [9.17, 15) is 9.59 Å². The number of benzene rings is 1. The number of carbonyl (C=O) groups is 2. The van der Waals surface area contributed by atoms with Gasteiger partial charge in [-0.05, 0) is 24.6 Å². The number of thioether (sulfide) groups is 1. The SMILES string of the molecule is Cc1ccc(Cl)cc1NC(=O)CC1SCCNC1=O. The smallest absolute Gasteiger partial charge is 0.233 e. The summed E-state index contributed by atoms with van der Waals surface area (Å²) in [6, 6.07) is 5.33. The fourth-order valence-corrected chi connectivity index (χ4v) is 3.00. The third-order valence-corrected chi connectivity index (χ3v) is 4.32. The lowest BCUT2D eigenvalue weighted by molar-refractivity contribution is -0.123. The summed E-state index contributed by atoms with van der Waals surface area (Å²) in [5.41, 5.74) is 1.64. The Morgan fingerprint density at radius 1 is 1.58 bits per heavy atom. The van der Waals surface area contributed by atoms with Gasteiger partial charge >= 0.3 is 0 Å². The molecule has 0 radical (unpaired) electrons. The van der Waals surface area contributed by atoms with Crippen molar-refractivity contribution in [2.45, 2.75) is 18.6 Å². The fourth-order valence-electron chi connectivity index (χ4n) is 1.82. The first-order valence-electron chi connectivity index (χ1n) is 6.01. The van der Waals surface area contributed by atoms with Gasteiger partial charge in [0, 0.05) is 29.4 Å². The quantitative estimate of drug-likeness (QED) is 0.899. The molecule has 1 atom stereocenters. The van der Waals surface area contributed by atoms with E-state index in [1.807, 2.05) is 13.0 Å². The largest absolute Gasteiger partial charge is 0.354 e. The molecule has 0 aromatic heterocycles. The standard InChI is InChI=1S/C13H15ClN2O2S/c1-8-2-3-9(14)6-10(8)16-12(17)7-11-13(18)15-4-5-19-11/h2-3,6,11H,4-5,7H2,1H3,(H,15,18)(H,16,17). The van der Waals surface area contributed by atoms with Crippen LogP contribution in [0.25, 0.3) is 0 Å². The molecule has 1 aromatic rings. The van der Waals surface area contributed by atoms with Crippen molar-refractivity contribution >= 4 is 40.9 Å². The zero-order valence-electron chi connectivity index (χ0n) is 10.5. The van der Waals surface area contributed by atoms with E-state index in [0.717, 1.165) is 11.3 Å². The molecule has 2 rings (SSSR count). The summed E-state index contributed by atoms with van der Waals surface area (Å²) in [7, 11) is 0. The summed E-state index contributed by atoms with van der Waals surface area (Å²) in [6.45, 7) is 2.57. The maximum absolute atomic E-state index is 11.9. The second kappa shape index (κ2) is 6.30. The van der Waals surface area contributed by atoms with Crippen molar-refractivity contribution in [3.8, 4) is 0 Å². The third-order valence-electron chi connectivity index (χ3n) is 2.86. The Morgan fingerprint density at radius 2 is 2.37 bits per heavy atom. The molecule has 2 N–H and O–H groups in total. The highest BCUT2D eigenvalue weighted by Crippen LogP contribution is 2.22. The molecule has 1 unspecified atom stereocenters. The van der Waals surface area contributed by atoms with Crippen molar-refractivity contribution in [3.05, 3.63) is 28.8 Å². The Bertz CT molecular complexity index is 507. The van der Waals surface area contributed by atoms with Crippen molar-refractivity contribution in [1.82, 2.24) is 5.32 Å². The molecule has 2 amide bonds. The van der Waals surface area contributed by atoms with Gasteiger partial charge in [-0.2, -0.15) is 0 Å². The summed E-state index contributed by atoms with van der Waals surface area (Å²) in [4.78, 5) is 23.5. The summed E-state index contributed by atoms with van der Waals surface area (Å²) >= 11 is 7.41. The maximum atomic E-state index is 11.9. The number of carbonyl (C=O) groups excluding carboxylic acids is 2. The minimum absolute atomic E-state index is 0.0609. The van der Waals surface area contributed by atoms with Crippen LogP contribution in [0.3, 0.4) is 0 Å². The normalized spacial score (nSPS) is 18.8. The van der Waals surface area contributed by atoms with Gasteiger partial charge in [-0.1, -0.05) is 17.7 Å². The molecule has 0 aliphatic carbocycles. The average Bonchev–Trinajstić information content (AvgIpc) is 2.37. The van der Waals surface area contributed by atoms with E-state index in [0.29, 0.717) is 17.3 Å². The Morgan fingerprint density at radius 3 is 3.11 bits per heavy atom. The van der Waals surface area contributed by atoms with Crippen molar-refractivity contribution in [3.63, 3.8) is 0 Å². The molecule has 1 fully saturated rings. The van der Waals surface area contributed by atoms with E-state index < -0.39 is 0 Å². The number of hydrogen-bond donors (Lipinski definition) is 2. The minimum Gasteiger partial charge on any atom is -0.354 e. The molecule has 1 aliphatic heterocycles. The first-order chi connectivity index (χ1) is 9.06. The average molecular weight is 299 g/mol. The lowest BCUT2D eigenvalue weighted by atomic mass is 10.2. The molecule has 1 saturated heterocycles. The van der Waals surface area contributed by atoms with E-state index in [4.69, 9.17) is 11.6 Å². The van der Waals surface area contributed by atoms with E-state index in [1.165, 1.54) is 11.8 Å². The van der Waals surface area contributed by atoms with E-state index >= 15 is 0 Å². The van der Waals surface area contributed by atoms with Crippen LogP contribution in [0.4, 0.5) is 5.69 Å². The fraction of sp³-hybridized carbons (Fsp3) is 0.385. The predicted octanol–water partition coefficient (Wildman–Crippen LogP) is 2.21. The van der Waals surface area contributed by atoms with Crippen LogP contribution in [-0.4, -0.2) is 29.4 Å². The number of amides is 2. The van der Waals surface area contributed by atoms with Crippen molar-refractivity contribution in [2.24, 2.45) is 0 Å². The molecule has 0 saturated carbocycles. The van der Waals surface area contributed by atoms with Crippen molar-refractivity contribution in [1.29, 1.82) is 0 Å². The van der Waals surface area contributed by atoms with Crippen molar-refractivity contribution < 1.29 is 9.59 Å². The van der Waals surface area contributed by atoms with Crippen LogP contribution in [0.15, 0.2) is 18.2 Å². The number of nitrogens with one attached hydrogen (secondary N) is 2. The van der Waals surface area contributed by atoms with Gasteiger partial charge in [0.05, 0.1) is 5.25 Å². The van der Waals surface area contributed by atoms with Crippen LogP contribution in [-0.2, 0) is 9.59 Å². The first-order valence-corrected chi connectivity index (χ1v) is 7.44. The van der Waals surface area contributed by atoms with Crippen LogP contribution in [0.2, 0.25) is 5.02 Å². The highest BCUT2D eigenvalue weighted by atomic mass is 35.5. The topological polar surface area (TPSA) is 58.2 Å². The second-order valence-corrected chi connectivity index (χ2v) is 6.11. The lowest BCUT2D eigenvalue weighted by Crippen LogP contribution is -2.40. The predicted molar refractivity (Wildman–Crippen MR) is 78.7 cm³/mol. The molecule has 1 heterocycles. The Balaban J connectivity index is 1.97. The van der Waals surface area contributed by atoms with Crippen LogP contribution in [0.1, 0.15) is 12.0 Å². The summed E-state index contributed by atoms with van der Waals surface area (Å²) < 4.78 is 0. The van der Waals surface area contributed by atoms with Gasteiger partial charge in [0.2, 0.25) is 11.8 Å². The Kier molecular flexibility index (Phi) is 4.71. The van der Waals surface area contributed by atoms with Crippen molar-refractivity contribution in [2.75, 3.05) is 17.6 Å². The van der Waals surface area contributed by atoms with Gasteiger partial charge < -0.3 is 10.6 Å². The highest BCUT2D eigenvalue weighted by Gasteiger charge is 2.25. The summed E-state index contributed by atoms with van der Waals surface area (Å²) in [5.74, 6) is 0.619. The molecule has 6 heteroatoms. The van der Waals surface area contributed by atoms with Crippen LogP contribution < -0.4 is 10.6 Å². The van der Waals surface area contributed by atoms with E-state index in [1.54, 1.807) is 12.1 Å². The molecule has 0 spiro atoms. The first kappa shape index (κ1) is 14.2. The zero-order chi connectivity index (χ0) is 13.8. The monoisotopic (exact) mass is 298 g/mol. The maximum Gasteiger partial charge on any atom is 0.233 e. The van der Waals surface area contributed by atoms with Crippen LogP contribution in [0, 0.1) is 6.92 Å². The molecule has 0 bridgehead atoms. The third kappa shape index (κ3) is 3.88. The van der Waals surface area contributed by atoms with E-state index in [-0.39, 0.29) is 23.5 Å². The molecule has 19 heavy (non-hydrogen) atoms. The molecule has 1 aromatic carbocycles. The van der Waals surface area contributed by atoms with Gasteiger partial charge in [-0.15, -0.1) is 11.8 Å². The summed E-state index contributed by atoms with van der Waals surface area (Å²) in [6.07, 6.45) is 0.183. The van der Waals surface area contributed by atoms with Gasteiger partial charge in [-0.3, -0.25) is 9.59 Å². The van der Waals surface area contributed by atoms with Gasteiger partial charge in [-0.25, -0.2) is 0 Å². The van der Waals surface area contributed by atoms with Gasteiger partial charge in [0.15, 0.2) is 0 Å². The molecular weight excluding hydrogens is 284 g/mol. The Hall–Kier alpha value is -1.20.